The van der Waals surface area contributed by atoms with Gasteiger partial charge in [0.2, 0.25) is 0 Å². The molecular formula is C15H15Cl2N3. The van der Waals surface area contributed by atoms with Gasteiger partial charge in [0.05, 0.1) is 10.0 Å². The average Bonchev–Trinajstić information content (AvgIpc) is 2.43. The fourth-order valence-electron chi connectivity index (χ4n) is 2.65. The number of halogens is 2. The molecule has 1 aromatic carbocycles. The van der Waals surface area contributed by atoms with Crippen LogP contribution in [0.4, 0.5) is 17.3 Å². The molecule has 0 radical (unpaired) electrons. The Hall–Kier alpha value is -1.45. The summed E-state index contributed by atoms with van der Waals surface area (Å²) in [7, 11) is 0. The second-order valence-corrected chi connectivity index (χ2v) is 5.86. The smallest absolute Gasteiger partial charge is 0.154 e. The number of para-hydroxylation sites is 1. The molecule has 1 atom stereocenters. The van der Waals surface area contributed by atoms with E-state index in [2.05, 4.69) is 35.0 Å². The minimum Gasteiger partial charge on any atom is -0.382 e. The van der Waals surface area contributed by atoms with Crippen LogP contribution >= 0.6 is 23.2 Å². The van der Waals surface area contributed by atoms with Gasteiger partial charge in [0.1, 0.15) is 5.82 Å². The maximum Gasteiger partial charge on any atom is 0.154 e. The third-order valence-corrected chi connectivity index (χ3v) is 4.27. The molecule has 1 aromatic heterocycles. The Morgan fingerprint density at radius 2 is 2.00 bits per heavy atom. The van der Waals surface area contributed by atoms with Crippen LogP contribution in [0.5, 0.6) is 0 Å². The third kappa shape index (κ3) is 2.21. The van der Waals surface area contributed by atoms with E-state index in [0.717, 1.165) is 18.5 Å². The van der Waals surface area contributed by atoms with Gasteiger partial charge in [0, 0.05) is 11.7 Å². The molecule has 2 aromatic rings. The van der Waals surface area contributed by atoms with Gasteiger partial charge in [-0.25, -0.2) is 4.98 Å². The summed E-state index contributed by atoms with van der Waals surface area (Å²) >= 11 is 12.3. The summed E-state index contributed by atoms with van der Waals surface area (Å²) in [4.78, 5) is 6.53. The third-order valence-electron chi connectivity index (χ3n) is 3.69. The first-order valence-corrected chi connectivity index (χ1v) is 7.32. The van der Waals surface area contributed by atoms with Gasteiger partial charge >= 0.3 is 0 Å². The topological polar surface area (TPSA) is 42.2 Å². The second-order valence-electron chi connectivity index (χ2n) is 5.05. The van der Waals surface area contributed by atoms with E-state index >= 15 is 0 Å². The van der Waals surface area contributed by atoms with Crippen molar-refractivity contribution in [3.63, 3.8) is 0 Å². The lowest BCUT2D eigenvalue weighted by atomic mass is 9.96. The monoisotopic (exact) mass is 307 g/mol. The van der Waals surface area contributed by atoms with Crippen molar-refractivity contribution < 1.29 is 0 Å². The fraction of sp³-hybridized carbons (Fsp3) is 0.267. The summed E-state index contributed by atoms with van der Waals surface area (Å²) in [5.41, 5.74) is 8.28. The van der Waals surface area contributed by atoms with Crippen molar-refractivity contribution in [3.05, 3.63) is 45.9 Å². The van der Waals surface area contributed by atoms with Crippen molar-refractivity contribution in [2.24, 2.45) is 0 Å². The summed E-state index contributed by atoms with van der Waals surface area (Å²) in [6, 6.07) is 10.3. The van der Waals surface area contributed by atoms with Crippen molar-refractivity contribution in [3.8, 4) is 0 Å². The highest BCUT2D eigenvalue weighted by atomic mass is 35.5. The molecule has 0 aliphatic carbocycles. The molecule has 1 unspecified atom stereocenters. The minimum atomic E-state index is 0.307. The van der Waals surface area contributed by atoms with Crippen LogP contribution in [-0.2, 0) is 6.42 Å². The minimum absolute atomic E-state index is 0.307. The van der Waals surface area contributed by atoms with E-state index in [9.17, 15) is 0 Å². The SMILES string of the molecule is CC1CCc2ccccc2N1c1nc(N)c(Cl)cc1Cl. The lowest BCUT2D eigenvalue weighted by Gasteiger charge is -2.36. The Morgan fingerprint density at radius 3 is 2.80 bits per heavy atom. The van der Waals surface area contributed by atoms with Gasteiger partial charge < -0.3 is 10.6 Å². The van der Waals surface area contributed by atoms with Gasteiger partial charge in [-0.3, -0.25) is 0 Å². The highest BCUT2D eigenvalue weighted by molar-refractivity contribution is 6.37. The quantitative estimate of drug-likeness (QED) is 0.846. The van der Waals surface area contributed by atoms with E-state index in [1.165, 1.54) is 5.56 Å². The van der Waals surface area contributed by atoms with Gasteiger partial charge in [-0.1, -0.05) is 41.4 Å². The molecular weight excluding hydrogens is 293 g/mol. The number of nitrogens with two attached hydrogens (primary N) is 1. The fourth-order valence-corrected chi connectivity index (χ4v) is 3.10. The lowest BCUT2D eigenvalue weighted by molar-refractivity contribution is 0.614. The number of anilines is 3. The lowest BCUT2D eigenvalue weighted by Crippen LogP contribution is -2.34. The van der Waals surface area contributed by atoms with E-state index in [1.807, 2.05) is 6.07 Å². The normalized spacial score (nSPS) is 17.9. The molecule has 104 valence electrons. The summed E-state index contributed by atoms with van der Waals surface area (Å²) < 4.78 is 0. The molecule has 3 nitrogen and oxygen atoms in total. The van der Waals surface area contributed by atoms with Crippen LogP contribution < -0.4 is 10.6 Å². The zero-order chi connectivity index (χ0) is 14.3. The molecule has 0 fully saturated rings. The number of rotatable bonds is 1. The molecule has 0 amide bonds. The molecule has 0 saturated carbocycles. The van der Waals surface area contributed by atoms with Crippen molar-refractivity contribution >= 4 is 40.5 Å². The Morgan fingerprint density at radius 1 is 1.25 bits per heavy atom. The molecule has 2 heterocycles. The van der Waals surface area contributed by atoms with E-state index in [-0.39, 0.29) is 0 Å². The number of hydrogen-bond acceptors (Lipinski definition) is 3. The highest BCUT2D eigenvalue weighted by Gasteiger charge is 2.27. The molecule has 0 saturated heterocycles. The van der Waals surface area contributed by atoms with Crippen LogP contribution in [0.25, 0.3) is 0 Å². The van der Waals surface area contributed by atoms with Crippen LogP contribution in [0, 0.1) is 0 Å². The van der Waals surface area contributed by atoms with Gasteiger partial charge in [-0.05, 0) is 37.5 Å². The summed E-state index contributed by atoms with van der Waals surface area (Å²) in [6.07, 6.45) is 2.12. The molecule has 0 spiro atoms. The first-order valence-electron chi connectivity index (χ1n) is 6.56. The second kappa shape index (κ2) is 5.15. The maximum atomic E-state index is 6.32. The van der Waals surface area contributed by atoms with Gasteiger partial charge in [-0.15, -0.1) is 0 Å². The molecule has 3 rings (SSSR count). The molecule has 5 heteroatoms. The van der Waals surface area contributed by atoms with E-state index in [1.54, 1.807) is 6.07 Å². The van der Waals surface area contributed by atoms with Crippen LogP contribution in [-0.4, -0.2) is 11.0 Å². The number of nitrogens with zero attached hydrogens (tertiary/aromatic N) is 2. The van der Waals surface area contributed by atoms with Crippen LogP contribution in [0.3, 0.4) is 0 Å². The van der Waals surface area contributed by atoms with Crippen molar-refractivity contribution in [1.29, 1.82) is 0 Å². The predicted molar refractivity (Wildman–Crippen MR) is 85.0 cm³/mol. The van der Waals surface area contributed by atoms with Crippen LogP contribution in [0.1, 0.15) is 18.9 Å². The highest BCUT2D eigenvalue weighted by Crippen LogP contribution is 2.40. The van der Waals surface area contributed by atoms with E-state index in [0.29, 0.717) is 27.7 Å². The van der Waals surface area contributed by atoms with E-state index < -0.39 is 0 Å². The summed E-state index contributed by atoms with van der Waals surface area (Å²) in [6.45, 7) is 2.17. The Balaban J connectivity index is 2.16. The van der Waals surface area contributed by atoms with Gasteiger partial charge in [0.25, 0.3) is 0 Å². The first-order chi connectivity index (χ1) is 9.58. The number of aryl methyl sites for hydroxylation is 1. The Bertz CT molecular complexity index is 658. The standard InChI is InChI=1S/C15H15Cl2N3/c1-9-6-7-10-4-2-3-5-13(10)20(9)15-12(17)8-11(16)14(18)19-15/h2-5,8-9H,6-7H2,1H3,(H2,18,19). The zero-order valence-electron chi connectivity index (χ0n) is 11.1. The molecule has 0 bridgehead atoms. The van der Waals surface area contributed by atoms with Crippen LogP contribution in [0.2, 0.25) is 10.0 Å². The number of fused-ring (bicyclic) bond motifs is 1. The van der Waals surface area contributed by atoms with Crippen molar-refractivity contribution in [2.75, 3.05) is 10.6 Å². The zero-order valence-corrected chi connectivity index (χ0v) is 12.6. The number of pyridine rings is 1. The Kier molecular flexibility index (Phi) is 3.48. The first kappa shape index (κ1) is 13.5. The predicted octanol–water partition coefficient (Wildman–Crippen LogP) is 4.44. The van der Waals surface area contributed by atoms with Crippen molar-refractivity contribution in [1.82, 2.24) is 4.98 Å². The Labute approximate surface area is 128 Å². The number of nitrogen functional groups attached to an aromatic ring is 1. The largest absolute Gasteiger partial charge is 0.382 e. The number of benzene rings is 1. The molecule has 20 heavy (non-hydrogen) atoms. The summed E-state index contributed by atoms with van der Waals surface area (Å²) in [5.74, 6) is 0.981. The number of aromatic nitrogens is 1. The van der Waals surface area contributed by atoms with E-state index in [4.69, 9.17) is 28.9 Å². The van der Waals surface area contributed by atoms with Gasteiger partial charge in [0.15, 0.2) is 5.82 Å². The molecule has 1 aliphatic heterocycles. The molecule has 2 N–H and O–H groups in total. The summed E-state index contributed by atoms with van der Waals surface area (Å²) in [5, 5.41) is 0.907. The van der Waals surface area contributed by atoms with Crippen LogP contribution in [0.15, 0.2) is 30.3 Å². The maximum absolute atomic E-state index is 6.32. The molecule has 1 aliphatic rings. The number of hydrogen-bond donors (Lipinski definition) is 1. The average molecular weight is 308 g/mol. The van der Waals surface area contributed by atoms with Gasteiger partial charge in [-0.2, -0.15) is 0 Å². The van der Waals surface area contributed by atoms with Crippen molar-refractivity contribution in [2.45, 2.75) is 25.8 Å².